The molecule has 2 aromatic rings. The highest BCUT2D eigenvalue weighted by Gasteiger charge is 2.33. The molecule has 3 rings (SSSR count). The summed E-state index contributed by atoms with van der Waals surface area (Å²) in [6.45, 7) is 8.17. The minimum Gasteiger partial charge on any atom is -0.343 e. The van der Waals surface area contributed by atoms with Gasteiger partial charge in [0.05, 0.1) is 6.04 Å². The quantitative estimate of drug-likeness (QED) is 0.127. The largest absolute Gasteiger partial charge is 0.343 e. The van der Waals surface area contributed by atoms with E-state index in [-0.39, 0.29) is 24.3 Å². The normalized spacial score (nSPS) is 15.4. The number of nitrogens with one attached hydrogen (secondary N) is 4. The Hall–Kier alpha value is -4.49. The zero-order chi connectivity index (χ0) is 36.5. The highest BCUT2D eigenvalue weighted by molar-refractivity contribution is 5.95. The smallest absolute Gasteiger partial charge is 0.317 e. The van der Waals surface area contributed by atoms with Gasteiger partial charge in [-0.2, -0.15) is 0 Å². The fourth-order valence-corrected chi connectivity index (χ4v) is 5.91. The molecule has 0 spiro atoms. The third kappa shape index (κ3) is 13.1. The van der Waals surface area contributed by atoms with Gasteiger partial charge in [-0.15, -0.1) is 0 Å². The second-order valence-electron chi connectivity index (χ2n) is 13.2. The zero-order valence-corrected chi connectivity index (χ0v) is 29.7. The number of unbranched alkanes of at least 4 members (excludes halogenated alkanes) is 1. The van der Waals surface area contributed by atoms with E-state index in [1.807, 2.05) is 81.4 Å². The lowest BCUT2D eigenvalue weighted by Crippen LogP contribution is -2.60. The second-order valence-corrected chi connectivity index (χ2v) is 13.2. The van der Waals surface area contributed by atoms with Crippen molar-refractivity contribution in [2.45, 2.75) is 83.5 Å². The predicted molar refractivity (Wildman–Crippen MR) is 194 cm³/mol. The van der Waals surface area contributed by atoms with Crippen molar-refractivity contribution >= 4 is 29.7 Å². The van der Waals surface area contributed by atoms with Crippen LogP contribution in [0.15, 0.2) is 60.7 Å². The number of carbonyl (C=O) groups excluding carboxylic acids is 5. The number of urea groups is 1. The van der Waals surface area contributed by atoms with Gasteiger partial charge in [0, 0.05) is 39.1 Å². The number of benzene rings is 2. The van der Waals surface area contributed by atoms with Crippen LogP contribution in [0.5, 0.6) is 0 Å². The first-order valence-corrected chi connectivity index (χ1v) is 17.8. The van der Waals surface area contributed by atoms with E-state index < -0.39 is 41.9 Å². The monoisotopic (exact) mass is 692 g/mol. The number of amides is 6. The van der Waals surface area contributed by atoms with Crippen LogP contribution in [0.3, 0.4) is 0 Å². The molecule has 1 fully saturated rings. The number of piperazine rings is 1. The molecule has 1 aliphatic rings. The Kier molecular flexibility index (Phi) is 16.7. The van der Waals surface area contributed by atoms with Crippen LogP contribution in [0.25, 0.3) is 0 Å². The molecule has 2 aromatic carbocycles. The fourth-order valence-electron chi connectivity index (χ4n) is 5.91. The molecule has 4 atom stereocenters. The first-order valence-electron chi connectivity index (χ1n) is 17.8. The van der Waals surface area contributed by atoms with Crippen molar-refractivity contribution in [1.29, 1.82) is 0 Å². The van der Waals surface area contributed by atoms with Crippen LogP contribution in [-0.2, 0) is 32.0 Å². The maximum atomic E-state index is 13.9. The van der Waals surface area contributed by atoms with Gasteiger partial charge in [-0.1, -0.05) is 74.5 Å². The van der Waals surface area contributed by atoms with Gasteiger partial charge in [0.15, 0.2) is 0 Å². The number of hydrogen-bond acceptors (Lipinski definition) is 7. The van der Waals surface area contributed by atoms with Crippen LogP contribution in [0.1, 0.15) is 57.6 Å². The summed E-state index contributed by atoms with van der Waals surface area (Å²) in [6, 6.07) is 14.8. The van der Waals surface area contributed by atoms with Crippen molar-refractivity contribution in [3.63, 3.8) is 0 Å². The molecule has 6 amide bonds. The Labute approximate surface area is 296 Å². The molecule has 0 saturated carbocycles. The topological polar surface area (TPSA) is 192 Å². The standard InChI is InChI=1S/C37H56N8O5/c1-4-40-37(50)45-21-19-44(20-22-45)36(49)30(17-11-12-18-38)41-34(47)31(23-26(2)3)43-35(48)32(25-28-15-9-6-10-16-28)42-33(46)29(39)24-27-13-7-5-8-14-27/h5-10,13-16,26,29-32H,4,11-12,17-25,38-39H2,1-3H3,(H,40,50)(H,41,47)(H,42,46)(H,43,48)/t29-,30-,31-,32-/m1/s1. The lowest BCUT2D eigenvalue weighted by molar-refractivity contribution is -0.139. The zero-order valence-electron chi connectivity index (χ0n) is 29.7. The molecule has 50 heavy (non-hydrogen) atoms. The lowest BCUT2D eigenvalue weighted by atomic mass is 9.99. The molecule has 13 nitrogen and oxygen atoms in total. The van der Waals surface area contributed by atoms with Crippen molar-refractivity contribution in [2.24, 2.45) is 17.4 Å². The Morgan fingerprint density at radius 3 is 1.78 bits per heavy atom. The van der Waals surface area contributed by atoms with E-state index in [0.29, 0.717) is 71.4 Å². The third-order valence-electron chi connectivity index (χ3n) is 8.66. The van der Waals surface area contributed by atoms with E-state index in [0.717, 1.165) is 11.1 Å². The molecule has 0 aromatic heterocycles. The number of rotatable bonds is 18. The molecule has 1 heterocycles. The predicted octanol–water partition coefficient (Wildman–Crippen LogP) is 1.30. The van der Waals surface area contributed by atoms with Gasteiger partial charge < -0.3 is 42.5 Å². The van der Waals surface area contributed by atoms with Gasteiger partial charge >= 0.3 is 6.03 Å². The van der Waals surface area contributed by atoms with E-state index in [1.165, 1.54) is 0 Å². The second kappa shape index (κ2) is 20.9. The molecule has 1 saturated heterocycles. The van der Waals surface area contributed by atoms with Crippen molar-refractivity contribution in [2.75, 3.05) is 39.3 Å². The number of nitrogens with zero attached hydrogens (tertiary/aromatic N) is 2. The van der Waals surface area contributed by atoms with E-state index in [9.17, 15) is 24.0 Å². The van der Waals surface area contributed by atoms with E-state index >= 15 is 0 Å². The number of carbonyl (C=O) groups is 5. The number of nitrogens with two attached hydrogens (primary N) is 2. The minimum absolute atomic E-state index is 0.0289. The molecule has 0 unspecified atom stereocenters. The maximum Gasteiger partial charge on any atom is 0.317 e. The first-order chi connectivity index (χ1) is 24.0. The molecular formula is C37H56N8O5. The summed E-state index contributed by atoms with van der Waals surface area (Å²) in [4.78, 5) is 70.4. The molecular weight excluding hydrogens is 636 g/mol. The Bertz CT molecular complexity index is 1370. The van der Waals surface area contributed by atoms with Gasteiger partial charge in [-0.25, -0.2) is 4.79 Å². The number of hydrogen-bond donors (Lipinski definition) is 6. The van der Waals surface area contributed by atoms with E-state index in [1.54, 1.807) is 9.80 Å². The summed E-state index contributed by atoms with van der Waals surface area (Å²) in [6.07, 6.45) is 2.49. The molecule has 274 valence electrons. The minimum atomic E-state index is -1.00. The molecule has 1 aliphatic heterocycles. The van der Waals surface area contributed by atoms with Crippen LogP contribution in [0.4, 0.5) is 4.79 Å². The van der Waals surface area contributed by atoms with Crippen LogP contribution in [-0.4, -0.2) is 103 Å². The third-order valence-corrected chi connectivity index (χ3v) is 8.66. The van der Waals surface area contributed by atoms with Crippen LogP contribution < -0.4 is 32.7 Å². The summed E-state index contributed by atoms with van der Waals surface area (Å²) in [5.74, 6) is -1.69. The molecule has 8 N–H and O–H groups in total. The van der Waals surface area contributed by atoms with E-state index in [2.05, 4.69) is 21.3 Å². The summed E-state index contributed by atoms with van der Waals surface area (Å²) in [7, 11) is 0. The van der Waals surface area contributed by atoms with Gasteiger partial charge in [-0.05, 0) is 62.6 Å². The summed E-state index contributed by atoms with van der Waals surface area (Å²) in [5.41, 5.74) is 13.7. The van der Waals surface area contributed by atoms with Crippen LogP contribution in [0.2, 0.25) is 0 Å². The van der Waals surface area contributed by atoms with Gasteiger partial charge in [-0.3, -0.25) is 19.2 Å². The maximum absolute atomic E-state index is 13.9. The highest BCUT2D eigenvalue weighted by Crippen LogP contribution is 2.13. The Balaban J connectivity index is 1.75. The molecule has 0 aliphatic carbocycles. The van der Waals surface area contributed by atoms with E-state index in [4.69, 9.17) is 11.5 Å². The Morgan fingerprint density at radius 1 is 0.700 bits per heavy atom. The Morgan fingerprint density at radius 2 is 1.22 bits per heavy atom. The molecule has 0 radical (unpaired) electrons. The van der Waals surface area contributed by atoms with Gasteiger partial charge in [0.2, 0.25) is 23.6 Å². The van der Waals surface area contributed by atoms with Crippen LogP contribution >= 0.6 is 0 Å². The average molecular weight is 693 g/mol. The highest BCUT2D eigenvalue weighted by atomic mass is 16.2. The van der Waals surface area contributed by atoms with Crippen molar-refractivity contribution < 1.29 is 24.0 Å². The van der Waals surface area contributed by atoms with Crippen molar-refractivity contribution in [3.05, 3.63) is 71.8 Å². The SMILES string of the molecule is CCNC(=O)N1CCN(C(=O)[C@@H](CCCCN)NC(=O)[C@@H](CC(C)C)NC(=O)[C@@H](Cc2ccccc2)NC(=O)[C@H](N)Cc2ccccc2)CC1. The molecule has 13 heteroatoms. The van der Waals surface area contributed by atoms with Crippen LogP contribution in [0, 0.1) is 5.92 Å². The molecule has 0 bridgehead atoms. The van der Waals surface area contributed by atoms with Crippen molar-refractivity contribution in [3.8, 4) is 0 Å². The lowest BCUT2D eigenvalue weighted by Gasteiger charge is -2.36. The van der Waals surface area contributed by atoms with Gasteiger partial charge in [0.1, 0.15) is 18.1 Å². The fraction of sp³-hybridized carbons (Fsp3) is 0.541. The first kappa shape index (κ1) is 39.9. The summed E-state index contributed by atoms with van der Waals surface area (Å²) >= 11 is 0. The van der Waals surface area contributed by atoms with Crippen molar-refractivity contribution in [1.82, 2.24) is 31.1 Å². The van der Waals surface area contributed by atoms with Gasteiger partial charge in [0.25, 0.3) is 0 Å². The summed E-state index contributed by atoms with van der Waals surface area (Å²) in [5, 5.41) is 11.4. The summed E-state index contributed by atoms with van der Waals surface area (Å²) < 4.78 is 0. The average Bonchev–Trinajstić information content (AvgIpc) is 3.11.